The van der Waals surface area contributed by atoms with Crippen molar-refractivity contribution in [2.45, 2.75) is 39.8 Å². The van der Waals surface area contributed by atoms with Crippen molar-refractivity contribution in [1.29, 1.82) is 0 Å². The molecular formula is C15H21N5O2. The lowest BCUT2D eigenvalue weighted by molar-refractivity contribution is 0.240. The second kappa shape index (κ2) is 5.92. The Morgan fingerprint density at radius 1 is 1.32 bits per heavy atom. The molecule has 0 bridgehead atoms. The number of aryl methyl sites for hydroxylation is 2. The van der Waals surface area contributed by atoms with Gasteiger partial charge in [-0.15, -0.1) is 0 Å². The lowest BCUT2D eigenvalue weighted by Crippen LogP contribution is -2.40. The standard InChI is InChI=1S/C15H21N5O2/c1-3-12-11-9-19(5-4-13(11)18-17-12)6-7-20-14(21)8-10(2)16-15(20)22/h8H,3-7,9H2,1-2H3,(H,16,22)(H,17,18). The van der Waals surface area contributed by atoms with Crippen molar-refractivity contribution in [3.63, 3.8) is 0 Å². The van der Waals surface area contributed by atoms with Gasteiger partial charge < -0.3 is 4.98 Å². The number of H-pyrrole nitrogens is 2. The second-order valence-electron chi connectivity index (χ2n) is 5.75. The molecule has 118 valence electrons. The Morgan fingerprint density at radius 3 is 2.86 bits per heavy atom. The predicted molar refractivity (Wildman–Crippen MR) is 83.0 cm³/mol. The first-order valence-corrected chi connectivity index (χ1v) is 7.66. The van der Waals surface area contributed by atoms with Gasteiger partial charge in [0, 0.05) is 55.6 Å². The molecule has 0 unspecified atom stereocenters. The van der Waals surface area contributed by atoms with Gasteiger partial charge in [0.25, 0.3) is 5.56 Å². The quantitative estimate of drug-likeness (QED) is 0.844. The third-order valence-corrected chi connectivity index (χ3v) is 4.23. The molecular weight excluding hydrogens is 282 g/mol. The Hall–Kier alpha value is -2.15. The van der Waals surface area contributed by atoms with Crippen LogP contribution in [0.2, 0.25) is 0 Å². The molecule has 7 nitrogen and oxygen atoms in total. The number of fused-ring (bicyclic) bond motifs is 1. The first-order valence-electron chi connectivity index (χ1n) is 7.66. The van der Waals surface area contributed by atoms with Gasteiger partial charge in [0.1, 0.15) is 0 Å². The summed E-state index contributed by atoms with van der Waals surface area (Å²) in [6, 6.07) is 1.46. The first-order chi connectivity index (χ1) is 10.6. The van der Waals surface area contributed by atoms with Crippen LogP contribution in [0.5, 0.6) is 0 Å². The van der Waals surface area contributed by atoms with Crippen molar-refractivity contribution in [1.82, 2.24) is 24.6 Å². The molecule has 2 aromatic heterocycles. The van der Waals surface area contributed by atoms with E-state index in [0.29, 0.717) is 18.8 Å². The van der Waals surface area contributed by atoms with Gasteiger partial charge in [0.2, 0.25) is 0 Å². The maximum absolute atomic E-state index is 11.9. The van der Waals surface area contributed by atoms with Crippen molar-refractivity contribution in [2.24, 2.45) is 0 Å². The van der Waals surface area contributed by atoms with Gasteiger partial charge in [0.15, 0.2) is 0 Å². The molecule has 1 aliphatic rings. The minimum Gasteiger partial charge on any atom is -0.311 e. The first kappa shape index (κ1) is 14.8. The third-order valence-electron chi connectivity index (χ3n) is 4.23. The molecule has 0 aliphatic carbocycles. The molecule has 0 saturated carbocycles. The summed E-state index contributed by atoms with van der Waals surface area (Å²) in [6.07, 6.45) is 1.85. The highest BCUT2D eigenvalue weighted by atomic mass is 16.2. The maximum atomic E-state index is 11.9. The van der Waals surface area contributed by atoms with Crippen molar-refractivity contribution in [2.75, 3.05) is 13.1 Å². The largest absolute Gasteiger partial charge is 0.328 e. The zero-order chi connectivity index (χ0) is 15.7. The molecule has 7 heteroatoms. The molecule has 2 N–H and O–H groups in total. The number of nitrogens with zero attached hydrogens (tertiary/aromatic N) is 3. The minimum atomic E-state index is -0.333. The average Bonchev–Trinajstić information content (AvgIpc) is 2.88. The molecule has 0 saturated heterocycles. The number of nitrogens with one attached hydrogen (secondary N) is 2. The Morgan fingerprint density at radius 2 is 2.14 bits per heavy atom. The highest BCUT2D eigenvalue weighted by Gasteiger charge is 2.21. The van der Waals surface area contributed by atoms with Crippen molar-refractivity contribution in [3.8, 4) is 0 Å². The fourth-order valence-electron chi connectivity index (χ4n) is 2.98. The van der Waals surface area contributed by atoms with Crippen LogP contribution in [-0.2, 0) is 25.9 Å². The van der Waals surface area contributed by atoms with Crippen molar-refractivity contribution < 1.29 is 0 Å². The number of hydrogen-bond acceptors (Lipinski definition) is 4. The molecule has 0 spiro atoms. The van der Waals surface area contributed by atoms with Gasteiger partial charge in [-0.3, -0.25) is 19.4 Å². The maximum Gasteiger partial charge on any atom is 0.328 e. The van der Waals surface area contributed by atoms with Crippen LogP contribution in [0, 0.1) is 6.92 Å². The summed E-state index contributed by atoms with van der Waals surface area (Å²) < 4.78 is 1.26. The molecule has 22 heavy (non-hydrogen) atoms. The Balaban J connectivity index is 1.71. The Bertz CT molecular complexity index is 741. The molecule has 0 atom stereocenters. The highest BCUT2D eigenvalue weighted by molar-refractivity contribution is 5.27. The second-order valence-corrected chi connectivity index (χ2v) is 5.75. The van der Waals surface area contributed by atoms with E-state index in [-0.39, 0.29) is 11.2 Å². The highest BCUT2D eigenvalue weighted by Crippen LogP contribution is 2.20. The number of aromatic nitrogens is 4. The molecule has 2 aromatic rings. The van der Waals surface area contributed by atoms with Crippen LogP contribution in [0.25, 0.3) is 0 Å². The van der Waals surface area contributed by atoms with Crippen LogP contribution >= 0.6 is 0 Å². The van der Waals surface area contributed by atoms with E-state index in [1.54, 1.807) is 6.92 Å². The molecule has 0 aromatic carbocycles. The zero-order valence-corrected chi connectivity index (χ0v) is 13.0. The number of hydrogen-bond donors (Lipinski definition) is 2. The molecule has 1 aliphatic heterocycles. The fourth-order valence-corrected chi connectivity index (χ4v) is 2.98. The Kier molecular flexibility index (Phi) is 3.98. The summed E-state index contributed by atoms with van der Waals surface area (Å²) >= 11 is 0. The monoisotopic (exact) mass is 303 g/mol. The van der Waals surface area contributed by atoms with E-state index in [4.69, 9.17) is 0 Å². The van der Waals surface area contributed by atoms with E-state index in [1.807, 2.05) is 0 Å². The van der Waals surface area contributed by atoms with Gasteiger partial charge >= 0.3 is 5.69 Å². The normalized spacial score (nSPS) is 15.0. The summed E-state index contributed by atoms with van der Waals surface area (Å²) in [7, 11) is 0. The SMILES string of the molecule is CCc1n[nH]c2c1CN(CCn1c(=O)cc(C)[nH]c1=O)CC2. The van der Waals surface area contributed by atoms with Gasteiger partial charge in [-0.2, -0.15) is 5.10 Å². The summed E-state index contributed by atoms with van der Waals surface area (Å²) in [4.78, 5) is 28.7. The minimum absolute atomic E-state index is 0.239. The van der Waals surface area contributed by atoms with E-state index in [9.17, 15) is 9.59 Å². The van der Waals surface area contributed by atoms with Crippen LogP contribution in [0.3, 0.4) is 0 Å². The van der Waals surface area contributed by atoms with Crippen LogP contribution in [0.4, 0.5) is 0 Å². The lowest BCUT2D eigenvalue weighted by atomic mass is 10.0. The summed E-state index contributed by atoms with van der Waals surface area (Å²) in [5.41, 5.74) is 3.64. The molecule has 0 fully saturated rings. The number of aromatic amines is 2. The van der Waals surface area contributed by atoms with Crippen molar-refractivity contribution in [3.05, 3.63) is 49.5 Å². The van der Waals surface area contributed by atoms with Gasteiger partial charge in [-0.1, -0.05) is 6.92 Å². The molecule has 3 heterocycles. The lowest BCUT2D eigenvalue weighted by Gasteiger charge is -2.27. The zero-order valence-electron chi connectivity index (χ0n) is 13.0. The van der Waals surface area contributed by atoms with Gasteiger partial charge in [-0.25, -0.2) is 4.79 Å². The Labute approximate surface area is 128 Å². The predicted octanol–water partition coefficient (Wildman–Crippen LogP) is 0.189. The van der Waals surface area contributed by atoms with E-state index in [0.717, 1.165) is 31.6 Å². The molecule has 0 amide bonds. The van der Waals surface area contributed by atoms with Crippen LogP contribution < -0.4 is 11.2 Å². The van der Waals surface area contributed by atoms with Gasteiger partial charge in [0.05, 0.1) is 5.69 Å². The number of rotatable bonds is 4. The van der Waals surface area contributed by atoms with Gasteiger partial charge in [-0.05, 0) is 13.3 Å². The van der Waals surface area contributed by atoms with Crippen LogP contribution in [0.15, 0.2) is 15.7 Å². The van der Waals surface area contributed by atoms with E-state index < -0.39 is 0 Å². The van der Waals surface area contributed by atoms with Crippen LogP contribution in [-0.4, -0.2) is 37.7 Å². The van der Waals surface area contributed by atoms with Crippen LogP contribution in [0.1, 0.15) is 29.6 Å². The van der Waals surface area contributed by atoms with E-state index in [2.05, 4.69) is 27.0 Å². The smallest absolute Gasteiger partial charge is 0.311 e. The molecule has 3 rings (SSSR count). The summed E-state index contributed by atoms with van der Waals surface area (Å²) in [5, 5.41) is 7.45. The summed E-state index contributed by atoms with van der Waals surface area (Å²) in [5.74, 6) is 0. The van der Waals surface area contributed by atoms with Crippen molar-refractivity contribution >= 4 is 0 Å². The fraction of sp³-hybridized carbons (Fsp3) is 0.533. The topological polar surface area (TPSA) is 86.8 Å². The summed E-state index contributed by atoms with van der Waals surface area (Å²) in [6.45, 7) is 6.64. The van der Waals surface area contributed by atoms with E-state index >= 15 is 0 Å². The van der Waals surface area contributed by atoms with E-state index in [1.165, 1.54) is 21.9 Å². The average molecular weight is 303 g/mol. The third kappa shape index (κ3) is 2.76. The molecule has 0 radical (unpaired) electrons.